The molecule has 2 atom stereocenters. The van der Waals surface area contributed by atoms with Gasteiger partial charge in [-0.25, -0.2) is 4.79 Å². The second-order valence-electron chi connectivity index (χ2n) is 9.81. The number of benzene rings is 1. The number of rotatable bonds is 4. The van der Waals surface area contributed by atoms with Gasteiger partial charge in [0.25, 0.3) is 5.91 Å². The number of amides is 2. The van der Waals surface area contributed by atoms with Crippen molar-refractivity contribution in [1.29, 1.82) is 0 Å². The number of halogens is 2. The summed E-state index contributed by atoms with van der Waals surface area (Å²) in [5.74, 6) is -1.33. The van der Waals surface area contributed by atoms with E-state index in [1.807, 2.05) is 4.90 Å². The maximum atomic E-state index is 13.5. The van der Waals surface area contributed by atoms with Gasteiger partial charge in [-0.1, -0.05) is 23.2 Å². The molecule has 0 spiro atoms. The predicted molar refractivity (Wildman–Crippen MR) is 132 cm³/mol. The second-order valence-corrected chi connectivity index (χ2v) is 10.7. The van der Waals surface area contributed by atoms with Crippen LogP contribution in [0.1, 0.15) is 60.3 Å². The summed E-state index contributed by atoms with van der Waals surface area (Å²) in [4.78, 5) is 41.3. The molecule has 0 saturated carbocycles. The highest BCUT2D eigenvalue weighted by atomic mass is 35.5. The van der Waals surface area contributed by atoms with Crippen LogP contribution in [-0.2, 0) is 29.2 Å². The van der Waals surface area contributed by atoms with E-state index in [1.165, 1.54) is 0 Å². The molecule has 0 radical (unpaired) electrons. The minimum atomic E-state index is -0.779. The molecule has 2 aromatic rings. The fourth-order valence-corrected chi connectivity index (χ4v) is 6.27. The Morgan fingerprint density at radius 1 is 1.00 bits per heavy atom. The molecule has 5 rings (SSSR count). The summed E-state index contributed by atoms with van der Waals surface area (Å²) < 4.78 is 7.28. The maximum Gasteiger partial charge on any atom is 0.410 e. The highest BCUT2D eigenvalue weighted by Gasteiger charge is 2.43. The Morgan fingerprint density at radius 3 is 2.36 bits per heavy atom. The van der Waals surface area contributed by atoms with Crippen LogP contribution in [0.4, 0.5) is 4.79 Å². The topological polar surface area (TPSA) is 105 Å². The molecule has 2 amide bonds. The summed E-state index contributed by atoms with van der Waals surface area (Å²) in [6, 6.07) is 6.63. The third-order valence-corrected chi connectivity index (χ3v) is 7.77. The van der Waals surface area contributed by atoms with Crippen LogP contribution in [-0.4, -0.2) is 61.3 Å². The first-order chi connectivity index (χ1) is 17.3. The Bertz CT molecular complexity index is 1150. The van der Waals surface area contributed by atoms with Crippen molar-refractivity contribution in [1.82, 2.24) is 19.6 Å². The fourth-order valence-electron chi connectivity index (χ4n) is 5.70. The summed E-state index contributed by atoms with van der Waals surface area (Å²) in [6.07, 6.45) is 3.83. The molecule has 2 saturated heterocycles. The van der Waals surface area contributed by atoms with Crippen LogP contribution in [0.3, 0.4) is 0 Å². The lowest BCUT2D eigenvalue weighted by Gasteiger charge is -2.47. The minimum Gasteiger partial charge on any atom is -0.481 e. The summed E-state index contributed by atoms with van der Waals surface area (Å²) in [6.45, 7) is 1.43. The molecular weight excluding hydrogens is 507 g/mol. The molecule has 3 aliphatic heterocycles. The smallest absolute Gasteiger partial charge is 0.410 e. The molecular formula is C25H28Cl2N4O5. The highest BCUT2D eigenvalue weighted by Crippen LogP contribution is 2.38. The number of carbonyl (C=O) groups excluding carboxylic acids is 2. The summed E-state index contributed by atoms with van der Waals surface area (Å²) >= 11 is 12.1. The van der Waals surface area contributed by atoms with Crippen molar-refractivity contribution >= 4 is 41.2 Å². The minimum absolute atomic E-state index is 0.0493. The molecule has 2 fully saturated rings. The van der Waals surface area contributed by atoms with Gasteiger partial charge in [0.15, 0.2) is 5.69 Å². The Labute approximate surface area is 218 Å². The van der Waals surface area contributed by atoms with Gasteiger partial charge in [-0.3, -0.25) is 14.3 Å². The average molecular weight is 535 g/mol. The van der Waals surface area contributed by atoms with E-state index in [4.69, 9.17) is 27.9 Å². The van der Waals surface area contributed by atoms with Crippen LogP contribution < -0.4 is 0 Å². The lowest BCUT2D eigenvalue weighted by Crippen LogP contribution is -2.55. The Hall–Kier alpha value is -2.78. The van der Waals surface area contributed by atoms with Gasteiger partial charge in [-0.05, 0) is 68.4 Å². The Morgan fingerprint density at radius 2 is 1.69 bits per heavy atom. The number of aromatic nitrogens is 2. The van der Waals surface area contributed by atoms with Gasteiger partial charge in [-0.15, -0.1) is 0 Å². The van der Waals surface area contributed by atoms with Crippen LogP contribution in [0, 0.1) is 5.92 Å². The zero-order valence-electron chi connectivity index (χ0n) is 19.7. The lowest BCUT2D eigenvalue weighted by molar-refractivity contribution is -0.145. The number of carboxylic acids is 1. The van der Waals surface area contributed by atoms with Crippen LogP contribution in [0.25, 0.3) is 0 Å². The highest BCUT2D eigenvalue weighted by molar-refractivity contribution is 6.34. The number of ether oxygens (including phenoxy) is 1. The number of piperidine rings is 2. The molecule has 0 aliphatic carbocycles. The van der Waals surface area contributed by atoms with E-state index >= 15 is 0 Å². The molecule has 9 nitrogen and oxygen atoms in total. The van der Waals surface area contributed by atoms with Gasteiger partial charge in [0, 0.05) is 35.2 Å². The first-order valence-electron chi connectivity index (χ1n) is 12.3. The normalized spacial score (nSPS) is 23.6. The number of aryl methyl sites for hydroxylation is 1. The quantitative estimate of drug-likeness (QED) is 0.614. The van der Waals surface area contributed by atoms with E-state index in [2.05, 4.69) is 5.10 Å². The van der Waals surface area contributed by atoms with Crippen LogP contribution in [0.2, 0.25) is 10.0 Å². The van der Waals surface area contributed by atoms with Gasteiger partial charge in [-0.2, -0.15) is 5.10 Å². The molecule has 1 aromatic carbocycles. The van der Waals surface area contributed by atoms with E-state index in [1.54, 1.807) is 33.8 Å². The SMILES string of the molecule is O=C(O)C1CC2CCCC(C1)N2C(=O)c1cc2n(n1)CCCN(C(=O)OCc1cc(Cl)cc(Cl)c1)C2. The van der Waals surface area contributed by atoms with E-state index in [0.717, 1.165) is 25.0 Å². The van der Waals surface area contributed by atoms with E-state index in [-0.39, 0.29) is 31.1 Å². The summed E-state index contributed by atoms with van der Waals surface area (Å²) in [5.41, 5.74) is 1.81. The Balaban J connectivity index is 1.26. The predicted octanol–water partition coefficient (Wildman–Crippen LogP) is 4.59. The number of aliphatic carboxylic acids is 1. The van der Waals surface area contributed by atoms with Gasteiger partial charge in [0.2, 0.25) is 0 Å². The van der Waals surface area contributed by atoms with Gasteiger partial charge in [0.1, 0.15) is 6.61 Å². The zero-order valence-corrected chi connectivity index (χ0v) is 21.2. The van der Waals surface area contributed by atoms with Gasteiger partial charge in [0.05, 0.1) is 18.2 Å². The first kappa shape index (κ1) is 24.9. The molecule has 3 aliphatic rings. The van der Waals surface area contributed by atoms with Crippen molar-refractivity contribution < 1.29 is 24.2 Å². The number of hydrogen-bond acceptors (Lipinski definition) is 5. The summed E-state index contributed by atoms with van der Waals surface area (Å²) in [5, 5.41) is 15.0. The number of fused-ring (bicyclic) bond motifs is 3. The van der Waals surface area contributed by atoms with Crippen LogP contribution in [0.15, 0.2) is 24.3 Å². The molecule has 1 aromatic heterocycles. The molecule has 2 bridgehead atoms. The second kappa shape index (κ2) is 10.3. The standard InChI is InChI=1S/C25H28Cl2N4O5/c26-17-7-15(8-18(27)11-17)14-36-25(35)29-5-2-6-30-21(13-29)12-22(28-30)23(32)31-19-3-1-4-20(31)10-16(9-19)24(33)34/h7-8,11-12,16,19-20H,1-6,9-10,13-14H2,(H,33,34). The maximum absolute atomic E-state index is 13.5. The lowest BCUT2D eigenvalue weighted by atomic mass is 9.78. The van der Waals surface area contributed by atoms with Crippen molar-refractivity contribution in [3.05, 3.63) is 51.3 Å². The first-order valence-corrected chi connectivity index (χ1v) is 13.0. The average Bonchev–Trinajstić information content (AvgIpc) is 3.11. The van der Waals surface area contributed by atoms with E-state index in [9.17, 15) is 19.5 Å². The largest absolute Gasteiger partial charge is 0.481 e. The molecule has 11 heteroatoms. The third kappa shape index (κ3) is 5.18. The molecule has 1 N–H and O–H groups in total. The molecule has 4 heterocycles. The van der Waals surface area contributed by atoms with Gasteiger partial charge >= 0.3 is 12.1 Å². The zero-order chi connectivity index (χ0) is 25.4. The molecule has 2 unspecified atom stereocenters. The van der Waals surface area contributed by atoms with Crippen molar-refractivity contribution in [2.24, 2.45) is 5.92 Å². The summed E-state index contributed by atoms with van der Waals surface area (Å²) in [7, 11) is 0. The molecule has 192 valence electrons. The number of carbonyl (C=O) groups is 3. The fraction of sp³-hybridized carbons (Fsp3) is 0.520. The van der Waals surface area contributed by atoms with Crippen molar-refractivity contribution in [3.63, 3.8) is 0 Å². The van der Waals surface area contributed by atoms with Crippen molar-refractivity contribution in [2.45, 2.75) is 70.3 Å². The third-order valence-electron chi connectivity index (χ3n) is 7.33. The van der Waals surface area contributed by atoms with Crippen LogP contribution >= 0.6 is 23.2 Å². The van der Waals surface area contributed by atoms with Crippen molar-refractivity contribution in [3.8, 4) is 0 Å². The molecule has 36 heavy (non-hydrogen) atoms. The van der Waals surface area contributed by atoms with E-state index < -0.39 is 18.0 Å². The van der Waals surface area contributed by atoms with Crippen LogP contribution in [0.5, 0.6) is 0 Å². The van der Waals surface area contributed by atoms with E-state index in [0.29, 0.717) is 53.7 Å². The number of carboxylic acid groups (broad SMARTS) is 1. The number of nitrogens with zero attached hydrogens (tertiary/aromatic N) is 4. The van der Waals surface area contributed by atoms with Crippen molar-refractivity contribution in [2.75, 3.05) is 6.54 Å². The monoisotopic (exact) mass is 534 g/mol. The van der Waals surface area contributed by atoms with Gasteiger partial charge < -0.3 is 19.6 Å². The number of hydrogen-bond donors (Lipinski definition) is 1. The Kier molecular flexibility index (Phi) is 7.12.